The zero-order valence-corrected chi connectivity index (χ0v) is 14.0. The van der Waals surface area contributed by atoms with E-state index in [-0.39, 0.29) is 17.9 Å². The van der Waals surface area contributed by atoms with Gasteiger partial charge in [-0.3, -0.25) is 4.79 Å². The molecule has 1 amide bonds. The normalized spacial score (nSPS) is 17.5. The molecule has 0 bridgehead atoms. The van der Waals surface area contributed by atoms with Gasteiger partial charge in [0.2, 0.25) is 0 Å². The topological polar surface area (TPSA) is 75.4 Å². The number of likely N-dealkylation sites (N-methyl/N-ethyl adjacent to an activating group) is 1. The molecule has 1 aliphatic rings. The van der Waals surface area contributed by atoms with Gasteiger partial charge in [-0.05, 0) is 17.7 Å². The number of nitrogens with one attached hydrogen (secondary N) is 1. The van der Waals surface area contributed by atoms with Crippen LogP contribution in [0.25, 0.3) is 0 Å². The van der Waals surface area contributed by atoms with E-state index in [1.54, 1.807) is 6.21 Å². The molecule has 2 aromatic rings. The SMILES string of the molecule is CN1C(=CC=NNC(=O)Cn2cncn2)C(C)(C)c2ccccc21. The van der Waals surface area contributed by atoms with Crippen LogP contribution in [0.15, 0.2) is 53.8 Å². The third-order valence-corrected chi connectivity index (χ3v) is 4.21. The lowest BCUT2D eigenvalue weighted by molar-refractivity contribution is -0.121. The summed E-state index contributed by atoms with van der Waals surface area (Å²) >= 11 is 0. The van der Waals surface area contributed by atoms with Crippen molar-refractivity contribution >= 4 is 17.8 Å². The second-order valence-corrected chi connectivity index (χ2v) is 6.16. The molecule has 1 aromatic heterocycles. The standard InChI is InChI=1S/C17H20N6O/c1-17(2)13-6-4-5-7-14(13)22(3)15(17)8-9-19-21-16(24)10-23-12-18-11-20-23/h4-9,11-12H,10H2,1-3H3,(H,21,24). The molecule has 7 heteroatoms. The summed E-state index contributed by atoms with van der Waals surface area (Å²) in [5.41, 5.74) is 5.97. The van der Waals surface area contributed by atoms with E-state index in [0.29, 0.717) is 0 Å². The maximum atomic E-state index is 11.7. The highest BCUT2D eigenvalue weighted by Gasteiger charge is 2.37. The number of rotatable bonds is 4. The van der Waals surface area contributed by atoms with E-state index >= 15 is 0 Å². The molecule has 24 heavy (non-hydrogen) atoms. The lowest BCUT2D eigenvalue weighted by Gasteiger charge is -2.23. The van der Waals surface area contributed by atoms with Crippen molar-refractivity contribution in [3.05, 3.63) is 54.3 Å². The monoisotopic (exact) mass is 324 g/mol. The summed E-state index contributed by atoms with van der Waals surface area (Å²) in [7, 11) is 2.04. The zero-order valence-electron chi connectivity index (χ0n) is 14.0. The van der Waals surface area contributed by atoms with Crippen LogP contribution in [-0.2, 0) is 16.8 Å². The van der Waals surface area contributed by atoms with Crippen LogP contribution in [0.3, 0.4) is 0 Å². The summed E-state index contributed by atoms with van der Waals surface area (Å²) in [6, 6.07) is 8.33. The molecule has 2 heterocycles. The predicted octanol–water partition coefficient (Wildman–Crippen LogP) is 1.69. The van der Waals surface area contributed by atoms with Crippen molar-refractivity contribution in [3.8, 4) is 0 Å². The summed E-state index contributed by atoms with van der Waals surface area (Å²) in [5, 5.41) is 7.86. The number of hydrazone groups is 1. The summed E-state index contributed by atoms with van der Waals surface area (Å²) in [6.45, 7) is 4.45. The molecule has 1 N–H and O–H groups in total. The summed E-state index contributed by atoms with van der Waals surface area (Å²) in [5.74, 6) is -0.252. The number of fused-ring (bicyclic) bond motifs is 1. The number of hydrogen-bond donors (Lipinski definition) is 1. The highest BCUT2D eigenvalue weighted by atomic mass is 16.2. The minimum absolute atomic E-state index is 0.0880. The van der Waals surface area contributed by atoms with Crippen LogP contribution in [0.1, 0.15) is 19.4 Å². The number of amides is 1. The third kappa shape index (κ3) is 2.92. The van der Waals surface area contributed by atoms with Crippen molar-refractivity contribution in [1.29, 1.82) is 0 Å². The first kappa shape index (κ1) is 15.9. The van der Waals surface area contributed by atoms with Gasteiger partial charge in [0.15, 0.2) is 0 Å². The highest BCUT2D eigenvalue weighted by molar-refractivity contribution is 5.81. The third-order valence-electron chi connectivity index (χ3n) is 4.21. The van der Waals surface area contributed by atoms with Crippen LogP contribution in [0.2, 0.25) is 0 Å². The van der Waals surface area contributed by atoms with Crippen LogP contribution >= 0.6 is 0 Å². The highest BCUT2D eigenvalue weighted by Crippen LogP contribution is 2.46. The second-order valence-electron chi connectivity index (χ2n) is 6.16. The molecule has 0 aliphatic carbocycles. The Balaban J connectivity index is 1.67. The average Bonchev–Trinajstić information content (AvgIpc) is 3.12. The lowest BCUT2D eigenvalue weighted by Crippen LogP contribution is -2.24. The van der Waals surface area contributed by atoms with Gasteiger partial charge in [-0.15, -0.1) is 0 Å². The number of nitrogens with zero attached hydrogens (tertiary/aromatic N) is 5. The largest absolute Gasteiger partial charge is 0.347 e. The molecule has 7 nitrogen and oxygen atoms in total. The van der Waals surface area contributed by atoms with E-state index < -0.39 is 0 Å². The Hall–Kier alpha value is -2.96. The molecule has 1 aliphatic heterocycles. The fraction of sp³-hybridized carbons (Fsp3) is 0.294. The minimum atomic E-state index is -0.252. The molecule has 0 fully saturated rings. The molecule has 0 atom stereocenters. The van der Waals surface area contributed by atoms with Crippen molar-refractivity contribution in [3.63, 3.8) is 0 Å². The predicted molar refractivity (Wildman–Crippen MR) is 92.6 cm³/mol. The number of aromatic nitrogens is 3. The quantitative estimate of drug-likeness (QED) is 0.686. The van der Waals surface area contributed by atoms with Crippen molar-refractivity contribution in [2.45, 2.75) is 25.8 Å². The second kappa shape index (κ2) is 6.27. The number of allylic oxidation sites excluding steroid dienone is 2. The van der Waals surface area contributed by atoms with E-state index in [1.807, 2.05) is 19.2 Å². The number of carbonyl (C=O) groups excluding carboxylic acids is 1. The van der Waals surface area contributed by atoms with E-state index in [0.717, 1.165) is 5.70 Å². The molecule has 124 valence electrons. The zero-order chi connectivity index (χ0) is 17.2. The lowest BCUT2D eigenvalue weighted by atomic mass is 9.84. The average molecular weight is 324 g/mol. The van der Waals surface area contributed by atoms with Gasteiger partial charge in [0.1, 0.15) is 19.2 Å². The van der Waals surface area contributed by atoms with E-state index in [1.165, 1.54) is 28.6 Å². The molecule has 0 radical (unpaired) electrons. The summed E-state index contributed by atoms with van der Waals surface area (Å²) < 4.78 is 1.44. The number of anilines is 1. The van der Waals surface area contributed by atoms with Gasteiger partial charge in [0.05, 0.1) is 0 Å². The first-order chi connectivity index (χ1) is 11.5. The first-order valence-electron chi connectivity index (χ1n) is 7.68. The Kier molecular flexibility index (Phi) is 4.16. The van der Waals surface area contributed by atoms with Gasteiger partial charge >= 0.3 is 0 Å². The summed E-state index contributed by atoms with van der Waals surface area (Å²) in [4.78, 5) is 17.7. The van der Waals surface area contributed by atoms with Gasteiger partial charge in [0, 0.05) is 30.1 Å². The molecule has 0 spiro atoms. The molecule has 0 saturated carbocycles. The molecular weight excluding hydrogens is 304 g/mol. The van der Waals surface area contributed by atoms with Gasteiger partial charge in [-0.1, -0.05) is 32.0 Å². The Labute approximate surface area is 140 Å². The van der Waals surface area contributed by atoms with Crippen LogP contribution < -0.4 is 10.3 Å². The Bertz CT molecular complexity index is 791. The van der Waals surface area contributed by atoms with Crippen LogP contribution in [0.5, 0.6) is 0 Å². The van der Waals surface area contributed by atoms with Crippen molar-refractivity contribution in [2.24, 2.45) is 5.10 Å². The van der Waals surface area contributed by atoms with Crippen LogP contribution in [-0.4, -0.2) is 33.9 Å². The smallest absolute Gasteiger partial charge is 0.261 e. The Morgan fingerprint density at radius 2 is 2.17 bits per heavy atom. The van der Waals surface area contributed by atoms with E-state index in [2.05, 4.69) is 57.6 Å². The molecule has 0 saturated heterocycles. The van der Waals surface area contributed by atoms with Crippen molar-refractivity contribution < 1.29 is 4.79 Å². The van der Waals surface area contributed by atoms with Gasteiger partial charge in [-0.25, -0.2) is 15.1 Å². The van der Waals surface area contributed by atoms with Crippen molar-refractivity contribution in [2.75, 3.05) is 11.9 Å². The fourth-order valence-electron chi connectivity index (χ4n) is 3.02. The van der Waals surface area contributed by atoms with Crippen molar-refractivity contribution in [1.82, 2.24) is 20.2 Å². The molecule has 1 aromatic carbocycles. The van der Waals surface area contributed by atoms with Crippen LogP contribution in [0, 0.1) is 0 Å². The van der Waals surface area contributed by atoms with Crippen LogP contribution in [0.4, 0.5) is 5.69 Å². The molecular formula is C17H20N6O. The first-order valence-corrected chi connectivity index (χ1v) is 7.68. The Morgan fingerprint density at radius 1 is 1.38 bits per heavy atom. The molecule has 0 unspecified atom stereocenters. The van der Waals surface area contributed by atoms with Gasteiger partial charge in [0.25, 0.3) is 5.91 Å². The maximum absolute atomic E-state index is 11.7. The fourth-order valence-corrected chi connectivity index (χ4v) is 3.02. The maximum Gasteiger partial charge on any atom is 0.261 e. The number of carbonyl (C=O) groups is 1. The van der Waals surface area contributed by atoms with Gasteiger partial charge < -0.3 is 4.90 Å². The minimum Gasteiger partial charge on any atom is -0.347 e. The number of para-hydroxylation sites is 1. The number of hydrogen-bond acceptors (Lipinski definition) is 5. The van der Waals surface area contributed by atoms with E-state index in [9.17, 15) is 4.79 Å². The Morgan fingerprint density at radius 3 is 2.88 bits per heavy atom. The molecule has 3 rings (SSSR count). The summed E-state index contributed by atoms with van der Waals surface area (Å²) in [6.07, 6.45) is 6.41. The van der Waals surface area contributed by atoms with E-state index in [4.69, 9.17) is 0 Å². The number of benzene rings is 1. The van der Waals surface area contributed by atoms with Gasteiger partial charge in [-0.2, -0.15) is 10.2 Å².